The number of nitrogens with zero attached hydrogens (tertiary/aromatic N) is 1. The number of piperidine rings is 1. The Bertz CT molecular complexity index is 350. The third-order valence-corrected chi connectivity index (χ3v) is 4.37. The summed E-state index contributed by atoms with van der Waals surface area (Å²) in [4.78, 5) is 2.67. The first kappa shape index (κ1) is 14.5. The van der Waals surface area contributed by atoms with Crippen LogP contribution in [0.1, 0.15) is 51.0 Å². The van der Waals surface area contributed by atoms with E-state index < -0.39 is 0 Å². The minimum Gasteiger partial charge on any atom is -0.328 e. The normalized spacial score (nSPS) is 22.3. The summed E-state index contributed by atoms with van der Waals surface area (Å²) in [6.07, 6.45) is 7.63. The first-order valence-corrected chi connectivity index (χ1v) is 7.83. The fraction of sp³-hybridized carbons (Fsp3) is 0.647. The van der Waals surface area contributed by atoms with Crippen LogP contribution in [0, 0.1) is 0 Å². The SMILES string of the molecule is CCC(N)CCC1CCCCN1Cc1ccccc1. The third-order valence-electron chi connectivity index (χ3n) is 4.37. The van der Waals surface area contributed by atoms with Crippen LogP contribution in [0.15, 0.2) is 30.3 Å². The second-order valence-corrected chi connectivity index (χ2v) is 5.85. The predicted octanol–water partition coefficient (Wildman–Crippen LogP) is 3.56. The lowest BCUT2D eigenvalue weighted by molar-refractivity contribution is 0.128. The van der Waals surface area contributed by atoms with E-state index in [1.807, 2.05) is 0 Å². The molecule has 0 spiro atoms. The number of hydrogen-bond donors (Lipinski definition) is 1. The molecule has 1 aliphatic rings. The highest BCUT2D eigenvalue weighted by molar-refractivity contribution is 5.14. The fourth-order valence-corrected chi connectivity index (χ4v) is 3.02. The van der Waals surface area contributed by atoms with Crippen molar-refractivity contribution in [1.82, 2.24) is 4.90 Å². The van der Waals surface area contributed by atoms with E-state index in [4.69, 9.17) is 5.73 Å². The van der Waals surface area contributed by atoms with Crippen molar-refractivity contribution in [3.8, 4) is 0 Å². The van der Waals surface area contributed by atoms with E-state index in [1.165, 1.54) is 44.2 Å². The maximum atomic E-state index is 6.07. The van der Waals surface area contributed by atoms with Crippen LogP contribution in [-0.4, -0.2) is 23.5 Å². The van der Waals surface area contributed by atoms with Crippen molar-refractivity contribution in [2.75, 3.05) is 6.54 Å². The van der Waals surface area contributed by atoms with Gasteiger partial charge in [0.2, 0.25) is 0 Å². The lowest BCUT2D eigenvalue weighted by atomic mass is 9.95. The maximum Gasteiger partial charge on any atom is 0.0236 e. The molecule has 1 aromatic carbocycles. The first-order valence-electron chi connectivity index (χ1n) is 7.83. The molecule has 2 heteroatoms. The van der Waals surface area contributed by atoms with Gasteiger partial charge in [-0.1, -0.05) is 43.7 Å². The lowest BCUT2D eigenvalue weighted by Gasteiger charge is -2.36. The van der Waals surface area contributed by atoms with E-state index in [1.54, 1.807) is 0 Å². The number of hydrogen-bond acceptors (Lipinski definition) is 2. The quantitative estimate of drug-likeness (QED) is 0.847. The van der Waals surface area contributed by atoms with Gasteiger partial charge in [-0.05, 0) is 44.2 Å². The highest BCUT2D eigenvalue weighted by Gasteiger charge is 2.22. The van der Waals surface area contributed by atoms with Crippen LogP contribution in [0.5, 0.6) is 0 Å². The van der Waals surface area contributed by atoms with Gasteiger partial charge in [0.1, 0.15) is 0 Å². The number of nitrogens with two attached hydrogens (primary N) is 1. The minimum atomic E-state index is 0.389. The van der Waals surface area contributed by atoms with Crippen molar-refractivity contribution in [1.29, 1.82) is 0 Å². The molecule has 2 nitrogen and oxygen atoms in total. The van der Waals surface area contributed by atoms with Crippen LogP contribution in [-0.2, 0) is 6.54 Å². The predicted molar refractivity (Wildman–Crippen MR) is 82.0 cm³/mol. The third kappa shape index (κ3) is 4.63. The van der Waals surface area contributed by atoms with E-state index in [0.29, 0.717) is 6.04 Å². The molecule has 1 saturated heterocycles. The van der Waals surface area contributed by atoms with Crippen LogP contribution >= 0.6 is 0 Å². The van der Waals surface area contributed by atoms with E-state index >= 15 is 0 Å². The number of benzene rings is 1. The van der Waals surface area contributed by atoms with Crippen molar-refractivity contribution in [3.05, 3.63) is 35.9 Å². The molecule has 1 heterocycles. The van der Waals surface area contributed by atoms with Crippen LogP contribution in [0.25, 0.3) is 0 Å². The molecule has 0 saturated carbocycles. The van der Waals surface area contributed by atoms with Crippen LogP contribution < -0.4 is 5.73 Å². The Hall–Kier alpha value is -0.860. The standard InChI is InChI=1S/C17H28N2/c1-2-16(18)11-12-17-10-6-7-13-19(17)14-15-8-4-3-5-9-15/h3-5,8-9,16-17H,2,6-7,10-14,18H2,1H3. The van der Waals surface area contributed by atoms with Crippen LogP contribution in [0.4, 0.5) is 0 Å². The zero-order chi connectivity index (χ0) is 13.5. The smallest absolute Gasteiger partial charge is 0.0236 e. The Kier molecular flexibility index (Phi) is 5.87. The lowest BCUT2D eigenvalue weighted by Crippen LogP contribution is -2.39. The number of rotatable bonds is 6. The average Bonchev–Trinajstić information content (AvgIpc) is 2.47. The van der Waals surface area contributed by atoms with Gasteiger partial charge in [-0.25, -0.2) is 0 Å². The highest BCUT2D eigenvalue weighted by Crippen LogP contribution is 2.23. The molecule has 106 valence electrons. The van der Waals surface area contributed by atoms with Gasteiger partial charge in [0.05, 0.1) is 0 Å². The molecular weight excluding hydrogens is 232 g/mol. The van der Waals surface area contributed by atoms with E-state index in [9.17, 15) is 0 Å². The molecule has 2 rings (SSSR count). The number of likely N-dealkylation sites (tertiary alicyclic amines) is 1. The summed E-state index contributed by atoms with van der Waals surface area (Å²) < 4.78 is 0. The monoisotopic (exact) mass is 260 g/mol. The van der Waals surface area contributed by atoms with Crippen LogP contribution in [0.2, 0.25) is 0 Å². The van der Waals surface area contributed by atoms with Crippen molar-refractivity contribution in [2.45, 2.75) is 64.1 Å². The Morgan fingerprint density at radius 1 is 1.26 bits per heavy atom. The molecule has 1 aromatic rings. The van der Waals surface area contributed by atoms with Gasteiger partial charge < -0.3 is 5.73 Å². The Labute approximate surface area is 118 Å². The molecule has 1 fully saturated rings. The Morgan fingerprint density at radius 2 is 2.05 bits per heavy atom. The van der Waals surface area contributed by atoms with Crippen molar-refractivity contribution < 1.29 is 0 Å². The summed E-state index contributed by atoms with van der Waals surface area (Å²) in [6, 6.07) is 12.0. The molecule has 0 bridgehead atoms. The summed E-state index contributed by atoms with van der Waals surface area (Å²) in [5.74, 6) is 0. The van der Waals surface area contributed by atoms with Gasteiger partial charge in [0.25, 0.3) is 0 Å². The summed E-state index contributed by atoms with van der Waals surface area (Å²) in [5, 5.41) is 0. The topological polar surface area (TPSA) is 29.3 Å². The molecule has 0 aromatic heterocycles. The van der Waals surface area contributed by atoms with Gasteiger partial charge in [0.15, 0.2) is 0 Å². The fourth-order valence-electron chi connectivity index (χ4n) is 3.02. The molecule has 0 amide bonds. The summed E-state index contributed by atoms with van der Waals surface area (Å²) in [6.45, 7) is 4.54. The second kappa shape index (κ2) is 7.66. The Balaban J connectivity index is 1.88. The van der Waals surface area contributed by atoms with Crippen LogP contribution in [0.3, 0.4) is 0 Å². The molecule has 2 unspecified atom stereocenters. The second-order valence-electron chi connectivity index (χ2n) is 5.85. The average molecular weight is 260 g/mol. The molecule has 1 aliphatic heterocycles. The molecular formula is C17H28N2. The first-order chi connectivity index (χ1) is 9.29. The molecule has 2 atom stereocenters. The summed E-state index contributed by atoms with van der Waals surface area (Å²) in [7, 11) is 0. The van der Waals surface area contributed by atoms with Gasteiger partial charge in [0, 0.05) is 18.6 Å². The summed E-state index contributed by atoms with van der Waals surface area (Å²) in [5.41, 5.74) is 7.51. The summed E-state index contributed by atoms with van der Waals surface area (Å²) >= 11 is 0. The molecule has 0 aliphatic carbocycles. The van der Waals surface area contributed by atoms with E-state index in [-0.39, 0.29) is 0 Å². The van der Waals surface area contributed by atoms with Gasteiger partial charge in [-0.15, -0.1) is 0 Å². The van der Waals surface area contributed by atoms with Crippen molar-refractivity contribution in [2.24, 2.45) is 5.73 Å². The highest BCUT2D eigenvalue weighted by atomic mass is 15.2. The minimum absolute atomic E-state index is 0.389. The van der Waals surface area contributed by atoms with E-state index in [0.717, 1.165) is 19.0 Å². The molecule has 2 N–H and O–H groups in total. The molecule has 0 radical (unpaired) electrons. The Morgan fingerprint density at radius 3 is 2.79 bits per heavy atom. The maximum absolute atomic E-state index is 6.07. The van der Waals surface area contributed by atoms with Gasteiger partial charge in [-0.3, -0.25) is 4.90 Å². The van der Waals surface area contributed by atoms with E-state index in [2.05, 4.69) is 42.2 Å². The van der Waals surface area contributed by atoms with Crippen molar-refractivity contribution in [3.63, 3.8) is 0 Å². The molecule has 19 heavy (non-hydrogen) atoms. The van der Waals surface area contributed by atoms with Gasteiger partial charge >= 0.3 is 0 Å². The van der Waals surface area contributed by atoms with Crippen molar-refractivity contribution >= 4 is 0 Å². The largest absolute Gasteiger partial charge is 0.328 e. The zero-order valence-electron chi connectivity index (χ0n) is 12.2. The zero-order valence-corrected chi connectivity index (χ0v) is 12.2. The van der Waals surface area contributed by atoms with Gasteiger partial charge in [-0.2, -0.15) is 0 Å².